The second kappa shape index (κ2) is 9.51. The van der Waals surface area contributed by atoms with Crippen LogP contribution in [-0.2, 0) is 22.2 Å². The van der Waals surface area contributed by atoms with Crippen LogP contribution in [-0.4, -0.2) is 66.0 Å². The number of carboxylic acids is 1. The number of methoxy groups -OCH3 is 1. The van der Waals surface area contributed by atoms with Crippen molar-refractivity contribution >= 4 is 17.8 Å². The molecule has 1 N–H and O–H groups in total. The van der Waals surface area contributed by atoms with Crippen LogP contribution in [0.2, 0.25) is 0 Å². The molecule has 0 aliphatic carbocycles. The van der Waals surface area contributed by atoms with Crippen LogP contribution in [0.15, 0.2) is 36.4 Å². The number of rotatable bonds is 5. The molecule has 2 aromatic rings. The van der Waals surface area contributed by atoms with Crippen LogP contribution in [0.5, 0.6) is 5.75 Å². The largest absolute Gasteiger partial charge is 0.496 e. The van der Waals surface area contributed by atoms with Gasteiger partial charge in [-0.3, -0.25) is 14.4 Å². The molecular weight excluding hydrogens is 441 g/mol. The molecule has 3 rings (SSSR count). The number of amides is 2. The van der Waals surface area contributed by atoms with E-state index < -0.39 is 24.1 Å². The number of hydrogen-bond acceptors (Lipinski definition) is 4. The standard InChI is InChI=1S/C23H23F3N2O5/c1-14(29)27-5-7-28(8-6-27)22(32)19-13-16(3-4-20(19)33-2)17-9-15(11-21(30)31)10-18(12-17)23(24,25)26/h3-4,9-10,12-13H,5-8,11H2,1-2H3,(H,30,31). The number of nitrogens with zero attached hydrogens (tertiary/aromatic N) is 2. The summed E-state index contributed by atoms with van der Waals surface area (Å²) in [6.45, 7) is 2.86. The normalized spacial score (nSPS) is 14.2. The molecule has 0 atom stereocenters. The molecule has 33 heavy (non-hydrogen) atoms. The maximum absolute atomic E-state index is 13.4. The lowest BCUT2D eigenvalue weighted by Gasteiger charge is -2.34. The molecule has 1 heterocycles. The lowest BCUT2D eigenvalue weighted by molar-refractivity contribution is -0.138. The summed E-state index contributed by atoms with van der Waals surface area (Å²) in [5, 5.41) is 9.03. The third kappa shape index (κ3) is 5.63. The summed E-state index contributed by atoms with van der Waals surface area (Å²) in [4.78, 5) is 38.9. The lowest BCUT2D eigenvalue weighted by Crippen LogP contribution is -2.50. The van der Waals surface area contributed by atoms with Gasteiger partial charge in [-0.15, -0.1) is 0 Å². The fourth-order valence-corrected chi connectivity index (χ4v) is 3.75. The highest BCUT2D eigenvalue weighted by molar-refractivity contribution is 5.98. The van der Waals surface area contributed by atoms with Gasteiger partial charge in [0, 0.05) is 33.1 Å². The van der Waals surface area contributed by atoms with Crippen molar-refractivity contribution in [1.29, 1.82) is 0 Å². The van der Waals surface area contributed by atoms with Crippen molar-refractivity contribution in [3.05, 3.63) is 53.1 Å². The first kappa shape index (κ1) is 24.1. The van der Waals surface area contributed by atoms with Gasteiger partial charge in [0.25, 0.3) is 5.91 Å². The average molecular weight is 464 g/mol. The van der Waals surface area contributed by atoms with E-state index in [2.05, 4.69) is 0 Å². The van der Waals surface area contributed by atoms with Gasteiger partial charge in [-0.25, -0.2) is 0 Å². The highest BCUT2D eigenvalue weighted by Crippen LogP contribution is 2.35. The number of alkyl halides is 3. The number of piperazine rings is 1. The molecule has 0 aromatic heterocycles. The van der Waals surface area contributed by atoms with Crippen LogP contribution < -0.4 is 4.74 Å². The predicted octanol–water partition coefficient (Wildman–Crippen LogP) is 3.31. The molecule has 10 heteroatoms. The Hall–Kier alpha value is -3.56. The summed E-state index contributed by atoms with van der Waals surface area (Å²) in [6, 6.07) is 7.55. The van der Waals surface area contributed by atoms with E-state index in [0.717, 1.165) is 12.1 Å². The van der Waals surface area contributed by atoms with E-state index >= 15 is 0 Å². The zero-order valence-corrected chi connectivity index (χ0v) is 18.1. The van der Waals surface area contributed by atoms with E-state index in [4.69, 9.17) is 9.84 Å². The highest BCUT2D eigenvalue weighted by Gasteiger charge is 2.32. The minimum atomic E-state index is -4.66. The zero-order valence-electron chi connectivity index (χ0n) is 18.1. The Balaban J connectivity index is 1.99. The second-order valence-electron chi connectivity index (χ2n) is 7.70. The van der Waals surface area contributed by atoms with Crippen molar-refractivity contribution in [3.63, 3.8) is 0 Å². The Morgan fingerprint density at radius 1 is 0.970 bits per heavy atom. The molecule has 2 amide bonds. The number of carbonyl (C=O) groups excluding carboxylic acids is 2. The van der Waals surface area contributed by atoms with Crippen molar-refractivity contribution < 1.29 is 37.4 Å². The van der Waals surface area contributed by atoms with Crippen LogP contribution in [0.25, 0.3) is 11.1 Å². The lowest BCUT2D eigenvalue weighted by atomic mass is 9.96. The van der Waals surface area contributed by atoms with Gasteiger partial charge in [0.2, 0.25) is 5.91 Å². The second-order valence-corrected chi connectivity index (χ2v) is 7.70. The summed E-state index contributed by atoms with van der Waals surface area (Å²) < 4.78 is 45.5. The third-order valence-corrected chi connectivity index (χ3v) is 5.45. The number of carboxylic acid groups (broad SMARTS) is 1. The van der Waals surface area contributed by atoms with Crippen LogP contribution in [0.1, 0.15) is 28.4 Å². The van der Waals surface area contributed by atoms with Gasteiger partial charge in [-0.05, 0) is 41.0 Å². The quantitative estimate of drug-likeness (QED) is 0.734. The molecule has 2 aromatic carbocycles. The smallest absolute Gasteiger partial charge is 0.416 e. The topological polar surface area (TPSA) is 87.2 Å². The summed E-state index contributed by atoms with van der Waals surface area (Å²) in [6.07, 6.45) is -5.23. The van der Waals surface area contributed by atoms with Crippen molar-refractivity contribution in [2.45, 2.75) is 19.5 Å². The highest BCUT2D eigenvalue weighted by atomic mass is 19.4. The molecule has 0 unspecified atom stereocenters. The number of benzene rings is 2. The van der Waals surface area contributed by atoms with Gasteiger partial charge < -0.3 is 19.6 Å². The van der Waals surface area contributed by atoms with E-state index in [1.165, 1.54) is 38.3 Å². The SMILES string of the molecule is COc1ccc(-c2cc(CC(=O)O)cc(C(F)(F)F)c2)cc1C(=O)N1CCN(C(C)=O)CC1. The fourth-order valence-electron chi connectivity index (χ4n) is 3.75. The van der Waals surface area contributed by atoms with Gasteiger partial charge in [-0.1, -0.05) is 12.1 Å². The third-order valence-electron chi connectivity index (χ3n) is 5.45. The van der Waals surface area contributed by atoms with Crippen LogP contribution in [0.4, 0.5) is 13.2 Å². The summed E-state index contributed by atoms with van der Waals surface area (Å²) in [5.74, 6) is -1.44. The summed E-state index contributed by atoms with van der Waals surface area (Å²) in [7, 11) is 1.38. The Labute approximate surface area is 188 Å². The van der Waals surface area contributed by atoms with E-state index in [-0.39, 0.29) is 34.3 Å². The maximum atomic E-state index is 13.4. The maximum Gasteiger partial charge on any atom is 0.416 e. The Morgan fingerprint density at radius 2 is 1.61 bits per heavy atom. The van der Waals surface area contributed by atoms with Gasteiger partial charge >= 0.3 is 12.1 Å². The van der Waals surface area contributed by atoms with Crippen LogP contribution in [0.3, 0.4) is 0 Å². The van der Waals surface area contributed by atoms with Crippen LogP contribution >= 0.6 is 0 Å². The Morgan fingerprint density at radius 3 is 2.15 bits per heavy atom. The van der Waals surface area contributed by atoms with Crippen molar-refractivity contribution in [2.75, 3.05) is 33.3 Å². The molecular formula is C23H23F3N2O5. The first-order chi connectivity index (χ1) is 15.5. The summed E-state index contributed by atoms with van der Waals surface area (Å²) in [5.41, 5.74) is -0.349. The molecule has 0 bridgehead atoms. The monoisotopic (exact) mass is 464 g/mol. The van der Waals surface area contributed by atoms with Gasteiger partial charge in [0.05, 0.1) is 24.7 Å². The Kier molecular flexibility index (Phi) is 6.95. The van der Waals surface area contributed by atoms with Gasteiger partial charge in [0.15, 0.2) is 0 Å². The van der Waals surface area contributed by atoms with Crippen molar-refractivity contribution in [2.24, 2.45) is 0 Å². The molecule has 0 saturated carbocycles. The number of ether oxygens (including phenoxy) is 1. The Bertz CT molecular complexity index is 1080. The summed E-state index contributed by atoms with van der Waals surface area (Å²) >= 11 is 0. The van der Waals surface area contributed by atoms with Gasteiger partial charge in [0.1, 0.15) is 5.75 Å². The van der Waals surface area contributed by atoms with E-state index in [9.17, 15) is 27.6 Å². The number of carbonyl (C=O) groups is 3. The molecule has 176 valence electrons. The minimum absolute atomic E-state index is 0.00336. The molecule has 0 spiro atoms. The van der Waals surface area contributed by atoms with Crippen molar-refractivity contribution in [1.82, 2.24) is 9.80 Å². The number of hydrogen-bond donors (Lipinski definition) is 1. The average Bonchev–Trinajstić information content (AvgIpc) is 2.77. The molecule has 1 aliphatic rings. The first-order valence-corrected chi connectivity index (χ1v) is 10.2. The van der Waals surface area contributed by atoms with Crippen molar-refractivity contribution in [3.8, 4) is 16.9 Å². The zero-order chi connectivity index (χ0) is 24.3. The molecule has 7 nitrogen and oxygen atoms in total. The molecule has 0 radical (unpaired) electrons. The number of halogens is 3. The van der Waals surface area contributed by atoms with E-state index in [1.807, 2.05) is 0 Å². The van der Waals surface area contributed by atoms with E-state index in [0.29, 0.717) is 31.7 Å². The van der Waals surface area contributed by atoms with Gasteiger partial charge in [-0.2, -0.15) is 13.2 Å². The molecule has 1 aliphatic heterocycles. The predicted molar refractivity (Wildman–Crippen MR) is 113 cm³/mol. The molecule has 1 saturated heterocycles. The fraction of sp³-hybridized carbons (Fsp3) is 0.348. The first-order valence-electron chi connectivity index (χ1n) is 10.2. The number of aliphatic carboxylic acids is 1. The van der Waals surface area contributed by atoms with Crippen LogP contribution in [0, 0.1) is 0 Å². The minimum Gasteiger partial charge on any atom is -0.496 e. The molecule has 1 fully saturated rings. The van der Waals surface area contributed by atoms with E-state index in [1.54, 1.807) is 9.80 Å².